The molecule has 0 atom stereocenters. The van der Waals surface area contributed by atoms with Crippen molar-refractivity contribution in [3.05, 3.63) is 65.7 Å². The molecule has 0 saturated heterocycles. The van der Waals surface area contributed by atoms with Crippen molar-refractivity contribution in [2.45, 2.75) is 12.7 Å². The molecule has 130 valence electrons. The molecule has 1 aromatic heterocycles. The van der Waals surface area contributed by atoms with Gasteiger partial charge in [-0.3, -0.25) is 4.79 Å². The van der Waals surface area contributed by atoms with Gasteiger partial charge >= 0.3 is 6.18 Å². The minimum atomic E-state index is -4.61. The number of carbonyl (C=O) groups excluding carboxylic acids is 1. The number of rotatable bonds is 4. The Kier molecular flexibility index (Phi) is 4.43. The molecule has 8 heteroatoms. The second kappa shape index (κ2) is 6.54. The number of hydrogen-bond donors (Lipinski definition) is 1. The van der Waals surface area contributed by atoms with Crippen molar-refractivity contribution < 1.29 is 22.4 Å². The van der Waals surface area contributed by atoms with Gasteiger partial charge in [0.05, 0.1) is 11.0 Å². The average Bonchev–Trinajstić information content (AvgIpc) is 2.94. The molecule has 1 heterocycles. The van der Waals surface area contributed by atoms with E-state index >= 15 is 0 Å². The highest BCUT2D eigenvalue weighted by molar-refractivity contribution is 5.94. The van der Waals surface area contributed by atoms with Crippen molar-refractivity contribution in [3.63, 3.8) is 0 Å². The van der Waals surface area contributed by atoms with Gasteiger partial charge in [0.15, 0.2) is 0 Å². The van der Waals surface area contributed by atoms with Crippen LogP contribution in [0.25, 0.3) is 11.0 Å². The van der Waals surface area contributed by atoms with Crippen LogP contribution >= 0.6 is 0 Å². The quantitative estimate of drug-likeness (QED) is 0.730. The Hall–Kier alpha value is -2.90. The second-order valence-corrected chi connectivity index (χ2v) is 5.34. The van der Waals surface area contributed by atoms with Crippen molar-refractivity contribution in [2.75, 3.05) is 6.54 Å². The first kappa shape index (κ1) is 16.9. The van der Waals surface area contributed by atoms with Crippen LogP contribution in [0, 0.1) is 5.82 Å². The van der Waals surface area contributed by atoms with Crippen LogP contribution in [0.15, 0.2) is 48.5 Å². The van der Waals surface area contributed by atoms with E-state index in [0.29, 0.717) is 5.52 Å². The monoisotopic (exact) mass is 351 g/mol. The summed E-state index contributed by atoms with van der Waals surface area (Å²) in [5.41, 5.74) is 0.660. The van der Waals surface area contributed by atoms with Gasteiger partial charge in [0.2, 0.25) is 5.82 Å². The molecule has 0 saturated carbocycles. The largest absolute Gasteiger partial charge is 0.449 e. The molecule has 0 aliphatic rings. The second-order valence-electron chi connectivity index (χ2n) is 5.34. The maximum Gasteiger partial charge on any atom is 0.449 e. The molecule has 0 spiro atoms. The van der Waals surface area contributed by atoms with Gasteiger partial charge in [0.25, 0.3) is 5.91 Å². The van der Waals surface area contributed by atoms with Crippen LogP contribution in [-0.2, 0) is 12.7 Å². The highest BCUT2D eigenvalue weighted by Crippen LogP contribution is 2.31. The summed E-state index contributed by atoms with van der Waals surface area (Å²) >= 11 is 0. The molecule has 3 rings (SSSR count). The van der Waals surface area contributed by atoms with Gasteiger partial charge < -0.3 is 9.88 Å². The molecular weight excluding hydrogens is 338 g/mol. The number of hydrogen-bond acceptors (Lipinski definition) is 2. The van der Waals surface area contributed by atoms with Crippen LogP contribution in [0.4, 0.5) is 17.6 Å². The standard InChI is InChI=1S/C17H13F4N3O/c18-12-5-3-4-11(10-12)15(25)22-8-9-24-14-7-2-1-6-13(14)23-16(24)17(19,20)21/h1-7,10H,8-9H2,(H,22,25). The Balaban J connectivity index is 1.78. The van der Waals surface area contributed by atoms with E-state index in [-0.39, 0.29) is 24.2 Å². The smallest absolute Gasteiger partial charge is 0.350 e. The first-order chi connectivity index (χ1) is 11.9. The average molecular weight is 351 g/mol. The summed E-state index contributed by atoms with van der Waals surface area (Å²) in [5.74, 6) is -2.14. The Morgan fingerprint density at radius 3 is 2.60 bits per heavy atom. The summed E-state index contributed by atoms with van der Waals surface area (Å²) in [6, 6.07) is 11.3. The summed E-state index contributed by atoms with van der Waals surface area (Å²) < 4.78 is 53.6. The normalized spacial score (nSPS) is 11.7. The lowest BCUT2D eigenvalue weighted by atomic mass is 10.2. The number of para-hydroxylation sites is 2. The minimum absolute atomic E-state index is 0.0568. The SMILES string of the molecule is O=C(NCCn1c(C(F)(F)F)nc2ccccc21)c1cccc(F)c1. The predicted molar refractivity (Wildman–Crippen MR) is 83.5 cm³/mol. The summed E-state index contributed by atoms with van der Waals surface area (Å²) in [5, 5.41) is 2.49. The molecule has 4 nitrogen and oxygen atoms in total. The van der Waals surface area contributed by atoms with E-state index in [0.717, 1.165) is 10.6 Å². The van der Waals surface area contributed by atoms with E-state index in [1.165, 1.54) is 30.3 Å². The van der Waals surface area contributed by atoms with Gasteiger partial charge in [0.1, 0.15) is 5.82 Å². The van der Waals surface area contributed by atoms with E-state index in [9.17, 15) is 22.4 Å². The zero-order valence-electron chi connectivity index (χ0n) is 12.8. The maximum atomic E-state index is 13.2. The van der Waals surface area contributed by atoms with Gasteiger partial charge in [-0.25, -0.2) is 9.37 Å². The van der Waals surface area contributed by atoms with Gasteiger partial charge in [-0.1, -0.05) is 18.2 Å². The first-order valence-corrected chi connectivity index (χ1v) is 7.42. The van der Waals surface area contributed by atoms with Crippen molar-refractivity contribution in [1.29, 1.82) is 0 Å². The summed E-state index contributed by atoms with van der Waals surface area (Å²) in [6.07, 6.45) is -4.61. The Morgan fingerprint density at radius 1 is 1.12 bits per heavy atom. The molecule has 0 bridgehead atoms. The fourth-order valence-corrected chi connectivity index (χ4v) is 2.53. The third kappa shape index (κ3) is 3.62. The van der Waals surface area contributed by atoms with Crippen molar-refractivity contribution >= 4 is 16.9 Å². The summed E-state index contributed by atoms with van der Waals surface area (Å²) in [7, 11) is 0. The lowest BCUT2D eigenvalue weighted by molar-refractivity contribution is -0.146. The Bertz CT molecular complexity index is 918. The van der Waals surface area contributed by atoms with Gasteiger partial charge in [-0.05, 0) is 30.3 Å². The van der Waals surface area contributed by atoms with Crippen LogP contribution in [0.3, 0.4) is 0 Å². The highest BCUT2D eigenvalue weighted by Gasteiger charge is 2.37. The van der Waals surface area contributed by atoms with Crippen LogP contribution < -0.4 is 5.32 Å². The number of aromatic nitrogens is 2. The lowest BCUT2D eigenvalue weighted by Gasteiger charge is -2.12. The molecule has 3 aromatic rings. The number of amides is 1. The molecule has 0 unspecified atom stereocenters. The van der Waals surface area contributed by atoms with E-state index in [4.69, 9.17) is 0 Å². The van der Waals surface area contributed by atoms with E-state index in [2.05, 4.69) is 10.3 Å². The predicted octanol–water partition coefficient (Wildman–Crippen LogP) is 3.62. The number of halogens is 4. The lowest BCUT2D eigenvalue weighted by Crippen LogP contribution is -2.28. The zero-order chi connectivity index (χ0) is 18.0. The molecular formula is C17H13F4N3O. The molecule has 0 aliphatic carbocycles. The zero-order valence-corrected chi connectivity index (χ0v) is 12.8. The molecule has 1 N–H and O–H groups in total. The number of imidazole rings is 1. The van der Waals surface area contributed by atoms with Crippen LogP contribution in [0.5, 0.6) is 0 Å². The van der Waals surface area contributed by atoms with Crippen molar-refractivity contribution in [1.82, 2.24) is 14.9 Å². The van der Waals surface area contributed by atoms with Gasteiger partial charge in [0, 0.05) is 18.7 Å². The van der Waals surface area contributed by atoms with E-state index < -0.39 is 23.7 Å². The number of benzene rings is 2. The molecule has 0 aliphatic heterocycles. The molecule has 25 heavy (non-hydrogen) atoms. The fraction of sp³-hybridized carbons (Fsp3) is 0.176. The highest BCUT2D eigenvalue weighted by atomic mass is 19.4. The molecule has 1 amide bonds. The number of carbonyl (C=O) groups is 1. The number of nitrogens with one attached hydrogen (secondary N) is 1. The molecule has 0 fully saturated rings. The van der Waals surface area contributed by atoms with Crippen molar-refractivity contribution in [3.8, 4) is 0 Å². The van der Waals surface area contributed by atoms with Crippen LogP contribution in [-0.4, -0.2) is 22.0 Å². The van der Waals surface area contributed by atoms with E-state index in [1.54, 1.807) is 12.1 Å². The molecule has 2 aromatic carbocycles. The summed E-state index contributed by atoms with van der Waals surface area (Å²) in [6.45, 7) is -0.171. The van der Waals surface area contributed by atoms with E-state index in [1.807, 2.05) is 0 Å². The van der Waals surface area contributed by atoms with Crippen LogP contribution in [0.2, 0.25) is 0 Å². The topological polar surface area (TPSA) is 46.9 Å². The number of alkyl halides is 3. The fourth-order valence-electron chi connectivity index (χ4n) is 2.53. The molecule has 0 radical (unpaired) electrons. The first-order valence-electron chi connectivity index (χ1n) is 7.42. The van der Waals surface area contributed by atoms with Crippen molar-refractivity contribution in [2.24, 2.45) is 0 Å². The van der Waals surface area contributed by atoms with Gasteiger partial charge in [-0.15, -0.1) is 0 Å². The third-order valence-electron chi connectivity index (χ3n) is 3.62. The Labute approximate surface area is 140 Å². The third-order valence-corrected chi connectivity index (χ3v) is 3.62. The maximum absolute atomic E-state index is 13.2. The van der Waals surface area contributed by atoms with Gasteiger partial charge in [-0.2, -0.15) is 13.2 Å². The Morgan fingerprint density at radius 2 is 1.88 bits per heavy atom. The van der Waals surface area contributed by atoms with Crippen LogP contribution in [0.1, 0.15) is 16.2 Å². The number of fused-ring (bicyclic) bond motifs is 1. The summed E-state index contributed by atoms with van der Waals surface area (Å²) in [4.78, 5) is 15.6. The number of nitrogens with zero attached hydrogens (tertiary/aromatic N) is 2. The minimum Gasteiger partial charge on any atom is -0.350 e.